The highest BCUT2D eigenvalue weighted by Gasteiger charge is 2.20. The maximum absolute atomic E-state index is 12.6. The van der Waals surface area contributed by atoms with Gasteiger partial charge in [-0.15, -0.1) is 0 Å². The lowest BCUT2D eigenvalue weighted by Gasteiger charge is -2.11. The summed E-state index contributed by atoms with van der Waals surface area (Å²) in [6.07, 6.45) is 3.75. The molecule has 7 heteroatoms. The Kier molecular flexibility index (Phi) is 3.57. The van der Waals surface area contributed by atoms with Gasteiger partial charge >= 0.3 is 0 Å². The van der Waals surface area contributed by atoms with Gasteiger partial charge in [0, 0.05) is 26.4 Å². The normalized spacial score (nSPS) is 17.6. The van der Waals surface area contributed by atoms with E-state index in [9.17, 15) is 9.59 Å². The summed E-state index contributed by atoms with van der Waals surface area (Å²) in [6.45, 7) is 1.23. The fraction of sp³-hybridized carbons (Fsp3) is 0.353. The quantitative estimate of drug-likeness (QED) is 0.782. The van der Waals surface area contributed by atoms with Gasteiger partial charge in [0.2, 0.25) is 0 Å². The molecule has 0 aromatic carbocycles. The third-order valence-electron chi connectivity index (χ3n) is 4.46. The topological polar surface area (TPSA) is 77.6 Å². The molecule has 1 aliphatic rings. The summed E-state index contributed by atoms with van der Waals surface area (Å²) >= 11 is 0. The first-order valence-corrected chi connectivity index (χ1v) is 8.02. The van der Waals surface area contributed by atoms with Crippen LogP contribution >= 0.6 is 0 Å². The minimum absolute atomic E-state index is 0.0787. The average molecular weight is 326 g/mol. The number of fused-ring (bicyclic) bond motifs is 2. The first kappa shape index (κ1) is 14.9. The van der Waals surface area contributed by atoms with Crippen molar-refractivity contribution in [3.8, 4) is 0 Å². The molecule has 3 aromatic heterocycles. The van der Waals surface area contributed by atoms with E-state index in [2.05, 4.69) is 10.3 Å². The monoisotopic (exact) mass is 326 g/mol. The molecule has 124 valence electrons. The van der Waals surface area contributed by atoms with Crippen molar-refractivity contribution in [2.75, 3.05) is 13.2 Å². The Bertz CT molecular complexity index is 983. The number of aromatic nitrogens is 3. The van der Waals surface area contributed by atoms with Gasteiger partial charge in [-0.3, -0.25) is 14.0 Å². The number of pyridine rings is 1. The van der Waals surface area contributed by atoms with Crippen molar-refractivity contribution in [1.82, 2.24) is 19.3 Å². The zero-order valence-corrected chi connectivity index (χ0v) is 13.4. The lowest BCUT2D eigenvalue weighted by Crippen LogP contribution is -2.32. The van der Waals surface area contributed by atoms with E-state index in [0.717, 1.165) is 19.4 Å². The molecule has 1 fully saturated rings. The van der Waals surface area contributed by atoms with E-state index in [4.69, 9.17) is 4.74 Å². The Labute approximate surface area is 137 Å². The molecule has 0 radical (unpaired) electrons. The van der Waals surface area contributed by atoms with E-state index < -0.39 is 0 Å². The van der Waals surface area contributed by atoms with Crippen LogP contribution in [0, 0.1) is 0 Å². The summed E-state index contributed by atoms with van der Waals surface area (Å²) < 4.78 is 8.66. The van der Waals surface area contributed by atoms with Crippen LogP contribution in [0.15, 0.2) is 35.3 Å². The molecule has 24 heavy (non-hydrogen) atoms. The number of hydrogen-bond acceptors (Lipinski definition) is 4. The van der Waals surface area contributed by atoms with Crippen LogP contribution in [0.5, 0.6) is 0 Å². The molecule has 0 spiro atoms. The molecule has 0 unspecified atom stereocenters. The molecule has 1 amide bonds. The van der Waals surface area contributed by atoms with Crippen molar-refractivity contribution >= 4 is 22.6 Å². The molecule has 0 aliphatic carbocycles. The van der Waals surface area contributed by atoms with Gasteiger partial charge in [-0.25, -0.2) is 4.98 Å². The molecule has 1 N–H and O–H groups in total. The van der Waals surface area contributed by atoms with E-state index in [-0.39, 0.29) is 17.6 Å². The first-order valence-electron chi connectivity index (χ1n) is 8.02. The maximum atomic E-state index is 12.6. The first-order chi connectivity index (χ1) is 11.6. The second-order valence-electron chi connectivity index (χ2n) is 6.02. The van der Waals surface area contributed by atoms with Crippen LogP contribution in [0.4, 0.5) is 0 Å². The van der Waals surface area contributed by atoms with E-state index >= 15 is 0 Å². The number of nitrogens with zero attached hydrogens (tertiary/aromatic N) is 3. The summed E-state index contributed by atoms with van der Waals surface area (Å²) in [6, 6.07) is 6.98. The summed E-state index contributed by atoms with van der Waals surface area (Å²) in [5.74, 6) is -0.223. The highest BCUT2D eigenvalue weighted by molar-refractivity contribution is 5.98. The van der Waals surface area contributed by atoms with Gasteiger partial charge < -0.3 is 14.6 Å². The van der Waals surface area contributed by atoms with Crippen LogP contribution < -0.4 is 10.9 Å². The Morgan fingerprint density at radius 1 is 1.46 bits per heavy atom. The van der Waals surface area contributed by atoms with Gasteiger partial charge in [0.25, 0.3) is 11.5 Å². The van der Waals surface area contributed by atoms with Gasteiger partial charge in [0.15, 0.2) is 0 Å². The molecule has 3 aromatic rings. The Balaban J connectivity index is 1.72. The van der Waals surface area contributed by atoms with E-state index in [1.165, 1.54) is 4.40 Å². The largest absolute Gasteiger partial charge is 0.376 e. The lowest BCUT2D eigenvalue weighted by molar-refractivity contribution is 0.0851. The van der Waals surface area contributed by atoms with E-state index in [1.807, 2.05) is 6.07 Å². The molecule has 1 saturated heterocycles. The molecular formula is C17H18N4O3. The Hall–Kier alpha value is -2.67. The molecule has 1 atom stereocenters. The smallest absolute Gasteiger partial charge is 0.268 e. The SMILES string of the molecule is Cn1c(C(=O)NC[C@@H]2CCCO2)cc2c(=O)n3ccccc3nc21. The summed E-state index contributed by atoms with van der Waals surface area (Å²) in [4.78, 5) is 29.6. The van der Waals surface area contributed by atoms with E-state index in [0.29, 0.717) is 28.9 Å². The number of hydrogen-bond donors (Lipinski definition) is 1. The fourth-order valence-electron chi connectivity index (χ4n) is 3.14. The number of amides is 1. The number of carbonyl (C=O) groups excluding carboxylic acids is 1. The van der Waals surface area contributed by atoms with Gasteiger partial charge in [-0.1, -0.05) is 6.07 Å². The minimum Gasteiger partial charge on any atom is -0.376 e. The zero-order chi connectivity index (χ0) is 16.7. The van der Waals surface area contributed by atoms with Gasteiger partial charge in [-0.05, 0) is 31.0 Å². The number of carbonyl (C=O) groups is 1. The van der Waals surface area contributed by atoms with Crippen molar-refractivity contribution < 1.29 is 9.53 Å². The summed E-state index contributed by atoms with van der Waals surface area (Å²) in [7, 11) is 1.75. The van der Waals surface area contributed by atoms with Crippen molar-refractivity contribution in [3.05, 3.63) is 46.5 Å². The van der Waals surface area contributed by atoms with Crippen molar-refractivity contribution in [1.29, 1.82) is 0 Å². The van der Waals surface area contributed by atoms with Crippen LogP contribution in [0.25, 0.3) is 16.7 Å². The van der Waals surface area contributed by atoms with Crippen LogP contribution in [0.1, 0.15) is 23.3 Å². The predicted octanol–water partition coefficient (Wildman–Crippen LogP) is 1.09. The average Bonchev–Trinajstić information content (AvgIpc) is 3.22. The van der Waals surface area contributed by atoms with Crippen LogP contribution in [-0.2, 0) is 11.8 Å². The Morgan fingerprint density at radius 3 is 3.12 bits per heavy atom. The van der Waals surface area contributed by atoms with Crippen molar-refractivity contribution in [2.24, 2.45) is 7.05 Å². The third kappa shape index (κ3) is 2.37. The van der Waals surface area contributed by atoms with Crippen LogP contribution in [-0.4, -0.2) is 39.1 Å². The number of nitrogens with one attached hydrogen (secondary N) is 1. The van der Waals surface area contributed by atoms with Gasteiger partial charge in [0.05, 0.1) is 11.5 Å². The number of rotatable bonds is 3. The van der Waals surface area contributed by atoms with Crippen LogP contribution in [0.2, 0.25) is 0 Å². The molecule has 4 heterocycles. The van der Waals surface area contributed by atoms with E-state index in [1.54, 1.807) is 36.0 Å². The standard InChI is InChI=1S/C17H18N4O3/c1-20-13(16(22)18-10-11-5-4-8-24-11)9-12-15(20)19-14-6-2-3-7-21(14)17(12)23/h2-3,6-7,9,11H,4-5,8,10H2,1H3,(H,18,22)/t11-/m0/s1. The number of ether oxygens (including phenoxy) is 1. The highest BCUT2D eigenvalue weighted by Crippen LogP contribution is 2.15. The molecule has 0 bridgehead atoms. The maximum Gasteiger partial charge on any atom is 0.268 e. The zero-order valence-electron chi connectivity index (χ0n) is 13.4. The third-order valence-corrected chi connectivity index (χ3v) is 4.46. The molecule has 0 saturated carbocycles. The van der Waals surface area contributed by atoms with Gasteiger partial charge in [0.1, 0.15) is 17.0 Å². The lowest BCUT2D eigenvalue weighted by atomic mass is 10.2. The highest BCUT2D eigenvalue weighted by atomic mass is 16.5. The molecule has 1 aliphatic heterocycles. The summed E-state index contributed by atoms with van der Waals surface area (Å²) in [5, 5.41) is 3.32. The summed E-state index contributed by atoms with van der Waals surface area (Å²) in [5.41, 5.74) is 1.31. The van der Waals surface area contributed by atoms with Crippen molar-refractivity contribution in [3.63, 3.8) is 0 Å². The van der Waals surface area contributed by atoms with Gasteiger partial charge in [-0.2, -0.15) is 0 Å². The predicted molar refractivity (Wildman–Crippen MR) is 89.2 cm³/mol. The molecular weight excluding hydrogens is 308 g/mol. The fourth-order valence-corrected chi connectivity index (χ4v) is 3.14. The van der Waals surface area contributed by atoms with Crippen molar-refractivity contribution in [2.45, 2.75) is 18.9 Å². The Morgan fingerprint density at radius 2 is 2.33 bits per heavy atom. The number of aryl methyl sites for hydroxylation is 1. The minimum atomic E-state index is -0.223. The second kappa shape index (κ2) is 5.76. The second-order valence-corrected chi connectivity index (χ2v) is 6.02. The molecule has 4 rings (SSSR count). The molecule has 7 nitrogen and oxygen atoms in total. The van der Waals surface area contributed by atoms with Crippen LogP contribution in [0.3, 0.4) is 0 Å².